The molecule has 0 amide bonds. The van der Waals surface area contributed by atoms with Crippen LogP contribution in [0.15, 0.2) is 41.4 Å². The Morgan fingerprint density at radius 2 is 1.92 bits per heavy atom. The Morgan fingerprint density at radius 3 is 2.50 bits per heavy atom. The van der Waals surface area contributed by atoms with Crippen molar-refractivity contribution in [2.45, 2.75) is 6.42 Å². The first-order valence-corrected chi connectivity index (χ1v) is 3.95. The summed E-state index contributed by atoms with van der Waals surface area (Å²) >= 11 is 0. The summed E-state index contributed by atoms with van der Waals surface area (Å²) in [6, 6.07) is 10.1. The van der Waals surface area contributed by atoms with Crippen molar-refractivity contribution in [1.82, 2.24) is 0 Å². The summed E-state index contributed by atoms with van der Waals surface area (Å²) in [7, 11) is 0. The number of hydrogen-bond acceptors (Lipinski definition) is 2. The Morgan fingerprint density at radius 1 is 1.17 bits per heavy atom. The molecule has 0 spiro atoms. The lowest BCUT2D eigenvalue weighted by atomic mass is 10.1. The quantitative estimate of drug-likeness (QED) is 0.664. The molecule has 2 rings (SSSR count). The van der Waals surface area contributed by atoms with Gasteiger partial charge in [0.25, 0.3) is 0 Å². The molecule has 0 saturated carbocycles. The Hall–Kier alpha value is -1.57. The van der Waals surface area contributed by atoms with Gasteiger partial charge in [0.05, 0.1) is 5.70 Å². The number of rotatable bonds is 1. The van der Waals surface area contributed by atoms with E-state index in [9.17, 15) is 0 Å². The molecule has 2 heteroatoms. The summed E-state index contributed by atoms with van der Waals surface area (Å²) in [5, 5.41) is 0. The summed E-state index contributed by atoms with van der Waals surface area (Å²) in [5.74, 6) is 0.703. The monoisotopic (exact) mass is 158 g/mol. The van der Waals surface area contributed by atoms with E-state index >= 15 is 0 Å². The fourth-order valence-electron chi connectivity index (χ4n) is 1.24. The summed E-state index contributed by atoms with van der Waals surface area (Å²) in [6.45, 7) is 0. The zero-order valence-electron chi connectivity index (χ0n) is 6.70. The van der Waals surface area contributed by atoms with Crippen LogP contribution < -0.4 is 5.73 Å². The molecule has 1 heterocycles. The molecule has 1 aromatic rings. The van der Waals surface area contributed by atoms with E-state index in [1.54, 1.807) is 0 Å². The number of benzene rings is 1. The molecule has 2 N–H and O–H groups in total. The highest BCUT2D eigenvalue weighted by atomic mass is 14.9. The molecule has 0 atom stereocenters. The predicted molar refractivity (Wildman–Crippen MR) is 50.7 cm³/mol. The maximum Gasteiger partial charge on any atom is 0.104 e. The highest BCUT2D eigenvalue weighted by Crippen LogP contribution is 2.20. The van der Waals surface area contributed by atoms with Crippen LogP contribution >= 0.6 is 0 Å². The second-order valence-electron chi connectivity index (χ2n) is 2.76. The molecule has 1 aliphatic rings. The fraction of sp³-hybridized carbons (Fsp3) is 0.100. The van der Waals surface area contributed by atoms with Crippen LogP contribution in [0.1, 0.15) is 12.0 Å². The molecule has 0 radical (unpaired) electrons. The summed E-state index contributed by atoms with van der Waals surface area (Å²) in [5.41, 5.74) is 7.69. The maximum atomic E-state index is 5.56. The summed E-state index contributed by atoms with van der Waals surface area (Å²) < 4.78 is 0. The third kappa shape index (κ3) is 1.23. The second-order valence-corrected chi connectivity index (χ2v) is 2.76. The van der Waals surface area contributed by atoms with Gasteiger partial charge in [-0.05, 0) is 5.56 Å². The topological polar surface area (TPSA) is 38.4 Å². The van der Waals surface area contributed by atoms with Crippen molar-refractivity contribution < 1.29 is 0 Å². The first kappa shape index (κ1) is 7.10. The van der Waals surface area contributed by atoms with E-state index in [0.717, 1.165) is 17.7 Å². The molecule has 2 nitrogen and oxygen atoms in total. The van der Waals surface area contributed by atoms with E-state index in [4.69, 9.17) is 5.73 Å². The Balaban J connectivity index is 2.34. The molecule has 1 aliphatic heterocycles. The van der Waals surface area contributed by atoms with Crippen LogP contribution in [0.2, 0.25) is 0 Å². The average molecular weight is 158 g/mol. The zero-order valence-corrected chi connectivity index (χ0v) is 6.70. The lowest BCUT2D eigenvalue weighted by Gasteiger charge is -1.96. The first-order chi connectivity index (χ1) is 5.86. The Bertz CT molecular complexity index is 336. The molecule has 12 heavy (non-hydrogen) atoms. The summed E-state index contributed by atoms with van der Waals surface area (Å²) in [6.07, 6.45) is 2.83. The molecule has 1 aromatic carbocycles. The van der Waals surface area contributed by atoms with Crippen LogP contribution in [-0.2, 0) is 0 Å². The number of hydrogen-bond donors (Lipinski definition) is 1. The van der Waals surface area contributed by atoms with Crippen molar-refractivity contribution in [3.05, 3.63) is 42.0 Å². The Kier molecular flexibility index (Phi) is 1.67. The van der Waals surface area contributed by atoms with Gasteiger partial charge in [-0.15, -0.1) is 0 Å². The van der Waals surface area contributed by atoms with Crippen molar-refractivity contribution in [3.63, 3.8) is 0 Å². The number of nitrogens with two attached hydrogens (primary N) is 1. The van der Waals surface area contributed by atoms with Crippen LogP contribution in [0.4, 0.5) is 0 Å². The molecular weight excluding hydrogens is 148 g/mol. The highest BCUT2D eigenvalue weighted by molar-refractivity contribution is 5.93. The van der Waals surface area contributed by atoms with Gasteiger partial charge in [-0.25, -0.2) is 4.99 Å². The fourth-order valence-corrected chi connectivity index (χ4v) is 1.24. The largest absolute Gasteiger partial charge is 0.387 e. The molecule has 0 fully saturated rings. The minimum Gasteiger partial charge on any atom is -0.387 e. The smallest absolute Gasteiger partial charge is 0.104 e. The van der Waals surface area contributed by atoms with Gasteiger partial charge >= 0.3 is 0 Å². The molecule has 60 valence electrons. The van der Waals surface area contributed by atoms with Crippen LogP contribution in [0.3, 0.4) is 0 Å². The molecule has 0 aromatic heterocycles. The number of nitrogens with zero attached hydrogens (tertiary/aromatic N) is 1. The highest BCUT2D eigenvalue weighted by Gasteiger charge is 2.05. The van der Waals surface area contributed by atoms with E-state index in [0.29, 0.717) is 5.84 Å². The van der Waals surface area contributed by atoms with Crippen molar-refractivity contribution in [1.29, 1.82) is 0 Å². The van der Waals surface area contributed by atoms with Gasteiger partial charge in [-0.2, -0.15) is 0 Å². The Labute approximate surface area is 71.4 Å². The summed E-state index contributed by atoms with van der Waals surface area (Å²) in [4.78, 5) is 4.21. The van der Waals surface area contributed by atoms with E-state index in [-0.39, 0.29) is 0 Å². The van der Waals surface area contributed by atoms with Gasteiger partial charge in [0.1, 0.15) is 5.84 Å². The van der Waals surface area contributed by atoms with Crippen molar-refractivity contribution in [3.8, 4) is 0 Å². The van der Waals surface area contributed by atoms with Gasteiger partial charge in [0, 0.05) is 6.42 Å². The maximum absolute atomic E-state index is 5.56. The van der Waals surface area contributed by atoms with Crippen LogP contribution in [-0.4, -0.2) is 5.84 Å². The number of aliphatic imine (C=N–C) groups is 1. The van der Waals surface area contributed by atoms with E-state index < -0.39 is 0 Å². The van der Waals surface area contributed by atoms with Crippen molar-refractivity contribution in [2.24, 2.45) is 10.7 Å². The molecule has 0 saturated heterocycles. The minimum atomic E-state index is 0.703. The van der Waals surface area contributed by atoms with Crippen molar-refractivity contribution >= 4 is 11.5 Å². The SMILES string of the molecule is NC1=NC(c2ccccc2)=CC1. The van der Waals surface area contributed by atoms with Crippen molar-refractivity contribution in [2.75, 3.05) is 0 Å². The van der Waals surface area contributed by atoms with E-state index in [1.807, 2.05) is 36.4 Å². The standard InChI is InChI=1S/C10H10N2/c11-10-7-6-9(12-10)8-4-2-1-3-5-8/h1-6H,7H2,(H2,11,12). The van der Waals surface area contributed by atoms with Crippen LogP contribution in [0, 0.1) is 0 Å². The van der Waals surface area contributed by atoms with E-state index in [1.165, 1.54) is 0 Å². The van der Waals surface area contributed by atoms with Crippen LogP contribution in [0.5, 0.6) is 0 Å². The first-order valence-electron chi connectivity index (χ1n) is 3.95. The van der Waals surface area contributed by atoms with Gasteiger partial charge in [0.15, 0.2) is 0 Å². The minimum absolute atomic E-state index is 0.703. The molecule has 0 aliphatic carbocycles. The third-order valence-corrected chi connectivity index (χ3v) is 1.84. The molecule has 0 bridgehead atoms. The average Bonchev–Trinajstić information content (AvgIpc) is 2.54. The van der Waals surface area contributed by atoms with Gasteiger partial charge < -0.3 is 5.73 Å². The normalized spacial score (nSPS) is 15.7. The van der Waals surface area contributed by atoms with Gasteiger partial charge in [-0.3, -0.25) is 0 Å². The van der Waals surface area contributed by atoms with Gasteiger partial charge in [0.2, 0.25) is 0 Å². The lowest BCUT2D eigenvalue weighted by Crippen LogP contribution is -2.06. The van der Waals surface area contributed by atoms with E-state index in [2.05, 4.69) is 4.99 Å². The number of amidine groups is 1. The lowest BCUT2D eigenvalue weighted by molar-refractivity contribution is 1.45. The van der Waals surface area contributed by atoms with Gasteiger partial charge in [-0.1, -0.05) is 36.4 Å². The molecule has 0 unspecified atom stereocenters. The molecular formula is C10H10N2. The third-order valence-electron chi connectivity index (χ3n) is 1.84. The van der Waals surface area contributed by atoms with Crippen LogP contribution in [0.25, 0.3) is 5.70 Å². The zero-order chi connectivity index (χ0) is 8.39. The second kappa shape index (κ2) is 2.81. The predicted octanol–water partition coefficient (Wildman–Crippen LogP) is 1.79.